The van der Waals surface area contributed by atoms with Gasteiger partial charge in [0.05, 0.1) is 19.7 Å². The second-order valence-electron chi connectivity index (χ2n) is 8.22. The molecule has 0 spiro atoms. The van der Waals surface area contributed by atoms with Crippen molar-refractivity contribution in [1.29, 1.82) is 0 Å². The maximum absolute atomic E-state index is 13.3. The number of carbonyl (C=O) groups excluding carboxylic acids is 2. The Labute approximate surface area is 187 Å². The second kappa shape index (κ2) is 9.50. The molecule has 3 unspecified atom stereocenters. The second-order valence-corrected chi connectivity index (χ2v) is 8.22. The number of nitrogens with one attached hydrogen (secondary N) is 1. The van der Waals surface area contributed by atoms with Crippen LogP contribution in [-0.2, 0) is 16.6 Å². The van der Waals surface area contributed by atoms with E-state index in [1.165, 1.54) is 4.90 Å². The molecule has 2 aromatic rings. The van der Waals surface area contributed by atoms with Gasteiger partial charge in [-0.3, -0.25) is 9.59 Å². The Balaban J connectivity index is 1.91. The number of likely N-dealkylation sites (tertiary alicyclic amines) is 1. The Morgan fingerprint density at radius 1 is 1.19 bits per heavy atom. The number of hydrogen-bond acceptors (Lipinski definition) is 5. The van der Waals surface area contributed by atoms with Crippen molar-refractivity contribution in [3.63, 3.8) is 0 Å². The molecule has 3 atom stereocenters. The summed E-state index contributed by atoms with van der Waals surface area (Å²) >= 11 is 0. The Morgan fingerprint density at radius 2 is 1.84 bits per heavy atom. The fourth-order valence-electron chi connectivity index (χ4n) is 4.25. The number of carbonyl (C=O) groups is 3. The number of nitrogens with zero attached hydrogens (tertiary/aromatic N) is 2. The molecule has 1 fully saturated rings. The zero-order valence-corrected chi connectivity index (χ0v) is 19.2. The normalized spacial score (nSPS) is 17.8. The van der Waals surface area contributed by atoms with Crippen LogP contribution in [0.1, 0.15) is 43.6 Å². The van der Waals surface area contributed by atoms with Crippen LogP contribution in [0.25, 0.3) is 10.9 Å². The van der Waals surface area contributed by atoms with E-state index < -0.39 is 24.0 Å². The summed E-state index contributed by atoms with van der Waals surface area (Å²) in [7, 11) is 4.86. The number of amides is 2. The summed E-state index contributed by atoms with van der Waals surface area (Å²) in [5.74, 6) is -0.808. The molecule has 174 valence electrons. The molecule has 1 aromatic heterocycles. The minimum Gasteiger partial charge on any atom is -0.493 e. The summed E-state index contributed by atoms with van der Waals surface area (Å²) in [6.07, 6.45) is 1.72. The van der Waals surface area contributed by atoms with Gasteiger partial charge in [0.2, 0.25) is 5.91 Å². The average Bonchev–Trinajstić information content (AvgIpc) is 3.40. The summed E-state index contributed by atoms with van der Waals surface area (Å²) in [5, 5.41) is 13.1. The van der Waals surface area contributed by atoms with Crippen molar-refractivity contribution in [2.24, 2.45) is 13.0 Å². The van der Waals surface area contributed by atoms with Crippen LogP contribution in [0.5, 0.6) is 11.5 Å². The van der Waals surface area contributed by atoms with Crippen LogP contribution < -0.4 is 14.8 Å². The molecule has 9 nitrogen and oxygen atoms in total. The van der Waals surface area contributed by atoms with E-state index in [1.54, 1.807) is 44.0 Å². The van der Waals surface area contributed by atoms with Gasteiger partial charge < -0.3 is 29.4 Å². The largest absolute Gasteiger partial charge is 0.493 e. The van der Waals surface area contributed by atoms with Gasteiger partial charge in [-0.2, -0.15) is 0 Å². The summed E-state index contributed by atoms with van der Waals surface area (Å²) in [6, 6.07) is 3.67. The number of ether oxygens (including phenoxy) is 2. The third-order valence-electron chi connectivity index (χ3n) is 6.37. The number of fused-ring (bicyclic) bond motifs is 1. The van der Waals surface area contributed by atoms with Crippen molar-refractivity contribution in [2.45, 2.75) is 45.2 Å². The fourth-order valence-corrected chi connectivity index (χ4v) is 4.25. The molecule has 32 heavy (non-hydrogen) atoms. The van der Waals surface area contributed by atoms with Gasteiger partial charge in [-0.1, -0.05) is 20.3 Å². The number of carboxylic acid groups (broad SMARTS) is 1. The summed E-state index contributed by atoms with van der Waals surface area (Å²) < 4.78 is 12.4. The molecule has 0 saturated carbocycles. The van der Waals surface area contributed by atoms with Gasteiger partial charge in [0.25, 0.3) is 5.91 Å². The van der Waals surface area contributed by atoms with Crippen LogP contribution in [-0.4, -0.2) is 65.2 Å². The highest BCUT2D eigenvalue weighted by atomic mass is 16.5. The van der Waals surface area contributed by atoms with Crippen molar-refractivity contribution in [2.75, 3.05) is 20.8 Å². The molecule has 3 rings (SSSR count). The fraction of sp³-hybridized carbons (Fsp3) is 0.522. The van der Waals surface area contributed by atoms with Crippen molar-refractivity contribution < 1.29 is 29.0 Å². The lowest BCUT2D eigenvalue weighted by Crippen LogP contribution is -2.54. The highest BCUT2D eigenvalue weighted by molar-refractivity contribution is 6.01. The Bertz CT molecular complexity index is 1030. The minimum atomic E-state index is -1.01. The van der Waals surface area contributed by atoms with Gasteiger partial charge in [-0.25, -0.2) is 4.79 Å². The van der Waals surface area contributed by atoms with Crippen molar-refractivity contribution in [3.05, 3.63) is 23.9 Å². The zero-order chi connectivity index (χ0) is 23.6. The number of carboxylic acids is 1. The maximum Gasteiger partial charge on any atom is 0.326 e. The van der Waals surface area contributed by atoms with E-state index in [2.05, 4.69) is 5.32 Å². The van der Waals surface area contributed by atoms with Crippen molar-refractivity contribution in [3.8, 4) is 11.5 Å². The highest BCUT2D eigenvalue weighted by Crippen LogP contribution is 2.33. The third kappa shape index (κ3) is 4.24. The zero-order valence-electron chi connectivity index (χ0n) is 19.2. The molecule has 1 aromatic carbocycles. The standard InChI is InChI=1S/C23H31N3O6/c1-6-13(2)20(22(28)26-9-7-8-15(26)23(29)30)24-21(27)17-10-14-11-18(31-4)19(32-5)12-16(14)25(17)3/h10-13,15,20H,6-9H2,1-5H3,(H,24,27)(H,29,30). The van der Waals surface area contributed by atoms with Gasteiger partial charge in [-0.15, -0.1) is 0 Å². The number of rotatable bonds is 8. The van der Waals surface area contributed by atoms with Gasteiger partial charge in [0, 0.05) is 25.0 Å². The molecule has 0 aliphatic carbocycles. The first kappa shape index (κ1) is 23.4. The number of aryl methyl sites for hydroxylation is 1. The van der Waals surface area contributed by atoms with E-state index in [0.29, 0.717) is 43.0 Å². The Kier molecular flexibility index (Phi) is 6.96. The third-order valence-corrected chi connectivity index (χ3v) is 6.37. The molecule has 1 aliphatic rings. The monoisotopic (exact) mass is 445 g/mol. The first-order valence-corrected chi connectivity index (χ1v) is 10.8. The average molecular weight is 446 g/mol. The molecule has 1 saturated heterocycles. The Morgan fingerprint density at radius 3 is 2.44 bits per heavy atom. The lowest BCUT2D eigenvalue weighted by Gasteiger charge is -2.30. The summed E-state index contributed by atoms with van der Waals surface area (Å²) in [6.45, 7) is 4.20. The minimum absolute atomic E-state index is 0.156. The van der Waals surface area contributed by atoms with Crippen molar-refractivity contribution >= 4 is 28.7 Å². The lowest BCUT2D eigenvalue weighted by atomic mass is 9.97. The number of benzene rings is 1. The van der Waals surface area contributed by atoms with Crippen LogP contribution in [0.4, 0.5) is 0 Å². The van der Waals surface area contributed by atoms with Gasteiger partial charge >= 0.3 is 5.97 Å². The van der Waals surface area contributed by atoms with E-state index in [9.17, 15) is 19.5 Å². The van der Waals surface area contributed by atoms with E-state index >= 15 is 0 Å². The molecular weight excluding hydrogens is 414 g/mol. The van der Waals surface area contributed by atoms with Crippen LogP contribution in [0, 0.1) is 5.92 Å². The quantitative estimate of drug-likeness (QED) is 0.646. The van der Waals surface area contributed by atoms with Crippen LogP contribution in [0.2, 0.25) is 0 Å². The first-order valence-electron chi connectivity index (χ1n) is 10.8. The topological polar surface area (TPSA) is 110 Å². The maximum atomic E-state index is 13.3. The molecule has 0 radical (unpaired) electrons. The molecule has 9 heteroatoms. The predicted molar refractivity (Wildman–Crippen MR) is 119 cm³/mol. The summed E-state index contributed by atoms with van der Waals surface area (Å²) in [5.41, 5.74) is 1.16. The molecule has 1 aliphatic heterocycles. The smallest absolute Gasteiger partial charge is 0.326 e. The number of aromatic nitrogens is 1. The number of methoxy groups -OCH3 is 2. The molecular formula is C23H31N3O6. The first-order chi connectivity index (χ1) is 15.2. The molecule has 2 heterocycles. The van der Waals surface area contributed by atoms with Gasteiger partial charge in [-0.05, 0) is 30.9 Å². The number of hydrogen-bond donors (Lipinski definition) is 2. The van der Waals surface area contributed by atoms with E-state index in [0.717, 1.165) is 10.9 Å². The van der Waals surface area contributed by atoms with E-state index in [-0.39, 0.29) is 11.8 Å². The van der Waals surface area contributed by atoms with Gasteiger partial charge in [0.15, 0.2) is 11.5 Å². The molecule has 2 N–H and O–H groups in total. The molecule has 2 amide bonds. The lowest BCUT2D eigenvalue weighted by molar-refractivity contribution is -0.149. The van der Waals surface area contributed by atoms with E-state index in [1.807, 2.05) is 13.8 Å². The van der Waals surface area contributed by atoms with Crippen LogP contribution in [0.3, 0.4) is 0 Å². The van der Waals surface area contributed by atoms with Crippen LogP contribution in [0.15, 0.2) is 18.2 Å². The SMILES string of the molecule is CCC(C)C(NC(=O)c1cc2cc(OC)c(OC)cc2n1C)C(=O)N1CCCC1C(=O)O. The highest BCUT2D eigenvalue weighted by Gasteiger charge is 2.39. The van der Waals surface area contributed by atoms with Crippen molar-refractivity contribution in [1.82, 2.24) is 14.8 Å². The van der Waals surface area contributed by atoms with Gasteiger partial charge in [0.1, 0.15) is 17.8 Å². The molecule has 0 bridgehead atoms. The van der Waals surface area contributed by atoms with E-state index in [4.69, 9.17) is 9.47 Å². The Hall–Kier alpha value is -3.23. The predicted octanol–water partition coefficient (Wildman–Crippen LogP) is 2.42. The summed E-state index contributed by atoms with van der Waals surface area (Å²) in [4.78, 5) is 39.4. The number of aliphatic carboxylic acids is 1. The van der Waals surface area contributed by atoms with Crippen LogP contribution >= 0.6 is 0 Å².